The van der Waals surface area contributed by atoms with E-state index in [0.717, 1.165) is 12.1 Å². The Hall–Kier alpha value is -0.570. The molecule has 0 amide bonds. The summed E-state index contributed by atoms with van der Waals surface area (Å²) in [6, 6.07) is 7.96. The van der Waals surface area contributed by atoms with Gasteiger partial charge in [-0.15, -0.1) is 0 Å². The molecular weight excluding hydrogens is 222 g/mol. The van der Waals surface area contributed by atoms with Gasteiger partial charge in [0.2, 0.25) is 0 Å². The van der Waals surface area contributed by atoms with Gasteiger partial charge in [0, 0.05) is 17.6 Å². The molecule has 0 fully saturated rings. The lowest BCUT2D eigenvalue weighted by Crippen LogP contribution is -2.28. The summed E-state index contributed by atoms with van der Waals surface area (Å²) in [4.78, 5) is 2.21. The van der Waals surface area contributed by atoms with Crippen LogP contribution in [0, 0.1) is 0 Å². The van der Waals surface area contributed by atoms with Gasteiger partial charge in [-0.05, 0) is 38.9 Å². The predicted molar refractivity (Wildman–Crippen MR) is 68.8 cm³/mol. The molecule has 0 spiro atoms. The molecule has 3 heteroatoms. The first-order valence-electron chi connectivity index (χ1n) is 5.65. The third kappa shape index (κ3) is 3.78. The van der Waals surface area contributed by atoms with Crippen LogP contribution < -0.4 is 0 Å². The SMILES string of the molecule is CC(C)N(C)CCC(O)c1ccccc1Cl. The van der Waals surface area contributed by atoms with Crippen molar-refractivity contribution < 1.29 is 5.11 Å². The predicted octanol–water partition coefficient (Wildman–Crippen LogP) is 3.10. The summed E-state index contributed by atoms with van der Waals surface area (Å²) in [6.45, 7) is 5.15. The molecule has 0 aliphatic carbocycles. The number of aliphatic hydroxyl groups is 1. The molecule has 1 aromatic rings. The first-order chi connectivity index (χ1) is 7.52. The van der Waals surface area contributed by atoms with E-state index in [9.17, 15) is 5.11 Å². The van der Waals surface area contributed by atoms with Crippen LogP contribution in [0.5, 0.6) is 0 Å². The minimum atomic E-state index is -0.477. The van der Waals surface area contributed by atoms with Gasteiger partial charge in [0.15, 0.2) is 0 Å². The van der Waals surface area contributed by atoms with Crippen LogP contribution in [-0.4, -0.2) is 29.6 Å². The lowest BCUT2D eigenvalue weighted by Gasteiger charge is -2.22. The van der Waals surface area contributed by atoms with Crippen molar-refractivity contribution >= 4 is 11.6 Å². The van der Waals surface area contributed by atoms with Crippen LogP contribution in [0.25, 0.3) is 0 Å². The van der Waals surface area contributed by atoms with Gasteiger partial charge in [0.1, 0.15) is 0 Å². The van der Waals surface area contributed by atoms with Gasteiger partial charge in [-0.1, -0.05) is 29.8 Å². The Morgan fingerprint density at radius 1 is 1.31 bits per heavy atom. The van der Waals surface area contributed by atoms with Crippen molar-refractivity contribution in [2.24, 2.45) is 0 Å². The van der Waals surface area contributed by atoms with Gasteiger partial charge < -0.3 is 10.0 Å². The van der Waals surface area contributed by atoms with Crippen LogP contribution in [0.3, 0.4) is 0 Å². The van der Waals surface area contributed by atoms with Crippen molar-refractivity contribution in [3.8, 4) is 0 Å². The number of aliphatic hydroxyl groups excluding tert-OH is 1. The second-order valence-electron chi connectivity index (χ2n) is 4.40. The highest BCUT2D eigenvalue weighted by Crippen LogP contribution is 2.24. The maximum Gasteiger partial charge on any atom is 0.0816 e. The van der Waals surface area contributed by atoms with E-state index in [1.165, 1.54) is 0 Å². The van der Waals surface area contributed by atoms with Crippen LogP contribution in [0.15, 0.2) is 24.3 Å². The van der Waals surface area contributed by atoms with E-state index in [0.29, 0.717) is 17.5 Å². The van der Waals surface area contributed by atoms with Gasteiger partial charge in [0.05, 0.1) is 6.10 Å². The van der Waals surface area contributed by atoms with Gasteiger partial charge in [-0.25, -0.2) is 0 Å². The van der Waals surface area contributed by atoms with Crippen molar-refractivity contribution in [3.05, 3.63) is 34.9 Å². The fourth-order valence-electron chi connectivity index (χ4n) is 1.48. The van der Waals surface area contributed by atoms with Crippen LogP contribution in [0.2, 0.25) is 5.02 Å². The Bertz CT molecular complexity index is 327. The second-order valence-corrected chi connectivity index (χ2v) is 4.81. The summed E-state index contributed by atoms with van der Waals surface area (Å²) in [7, 11) is 2.06. The number of nitrogens with zero attached hydrogens (tertiary/aromatic N) is 1. The third-order valence-corrected chi connectivity index (χ3v) is 3.25. The molecule has 0 radical (unpaired) electrons. The fourth-order valence-corrected chi connectivity index (χ4v) is 1.75. The highest BCUT2D eigenvalue weighted by Gasteiger charge is 2.12. The summed E-state index contributed by atoms with van der Waals surface area (Å²) in [5.41, 5.74) is 0.821. The molecule has 0 aromatic heterocycles. The molecule has 2 nitrogen and oxygen atoms in total. The van der Waals surface area contributed by atoms with Crippen molar-refractivity contribution in [2.75, 3.05) is 13.6 Å². The molecule has 1 atom stereocenters. The quantitative estimate of drug-likeness (QED) is 0.856. The molecule has 1 unspecified atom stereocenters. The van der Waals surface area contributed by atoms with Crippen molar-refractivity contribution in [2.45, 2.75) is 32.4 Å². The molecule has 0 saturated heterocycles. The average molecular weight is 242 g/mol. The van der Waals surface area contributed by atoms with Crippen LogP contribution >= 0.6 is 11.6 Å². The molecule has 0 bridgehead atoms. The average Bonchev–Trinajstić information content (AvgIpc) is 2.25. The number of benzene rings is 1. The Kier molecular flexibility index (Phi) is 5.26. The molecule has 0 heterocycles. The fraction of sp³-hybridized carbons (Fsp3) is 0.538. The Morgan fingerprint density at radius 2 is 1.94 bits per heavy atom. The van der Waals surface area contributed by atoms with Crippen molar-refractivity contribution in [3.63, 3.8) is 0 Å². The number of halogens is 1. The van der Waals surface area contributed by atoms with Gasteiger partial charge in [-0.2, -0.15) is 0 Å². The topological polar surface area (TPSA) is 23.5 Å². The monoisotopic (exact) mass is 241 g/mol. The molecule has 1 rings (SSSR count). The highest BCUT2D eigenvalue weighted by atomic mass is 35.5. The summed E-state index contributed by atoms with van der Waals surface area (Å²) in [6.07, 6.45) is 0.230. The zero-order chi connectivity index (χ0) is 12.1. The minimum Gasteiger partial charge on any atom is -0.388 e. The van der Waals surface area contributed by atoms with Crippen molar-refractivity contribution in [1.29, 1.82) is 0 Å². The summed E-state index contributed by atoms with van der Waals surface area (Å²) in [5.74, 6) is 0. The molecule has 1 aromatic carbocycles. The van der Waals surface area contributed by atoms with Crippen LogP contribution in [0.4, 0.5) is 0 Å². The summed E-state index contributed by atoms with van der Waals surface area (Å²) in [5, 5.41) is 10.7. The van der Waals surface area contributed by atoms with Gasteiger partial charge >= 0.3 is 0 Å². The van der Waals surface area contributed by atoms with E-state index >= 15 is 0 Å². The second kappa shape index (κ2) is 6.24. The lowest BCUT2D eigenvalue weighted by molar-refractivity contribution is 0.141. The third-order valence-electron chi connectivity index (χ3n) is 2.90. The highest BCUT2D eigenvalue weighted by molar-refractivity contribution is 6.31. The van der Waals surface area contributed by atoms with E-state index in [2.05, 4.69) is 25.8 Å². The molecule has 0 aliphatic heterocycles. The Labute approximate surface area is 103 Å². The molecular formula is C13H20ClNO. The zero-order valence-corrected chi connectivity index (χ0v) is 10.9. The van der Waals surface area contributed by atoms with Crippen LogP contribution in [0.1, 0.15) is 31.9 Å². The normalized spacial score (nSPS) is 13.4. The maximum atomic E-state index is 10.0. The smallest absolute Gasteiger partial charge is 0.0816 e. The van der Waals surface area contributed by atoms with E-state index in [4.69, 9.17) is 11.6 Å². The summed E-state index contributed by atoms with van der Waals surface area (Å²) < 4.78 is 0. The minimum absolute atomic E-state index is 0.477. The number of hydrogen-bond acceptors (Lipinski definition) is 2. The number of hydrogen-bond donors (Lipinski definition) is 1. The maximum absolute atomic E-state index is 10.0. The molecule has 16 heavy (non-hydrogen) atoms. The molecule has 0 aliphatic rings. The molecule has 1 N–H and O–H groups in total. The molecule has 90 valence electrons. The first kappa shape index (κ1) is 13.5. The lowest BCUT2D eigenvalue weighted by atomic mass is 10.1. The van der Waals surface area contributed by atoms with E-state index in [-0.39, 0.29) is 0 Å². The van der Waals surface area contributed by atoms with E-state index < -0.39 is 6.10 Å². The van der Waals surface area contributed by atoms with Gasteiger partial charge in [-0.3, -0.25) is 0 Å². The molecule has 0 saturated carbocycles. The summed E-state index contributed by atoms with van der Waals surface area (Å²) >= 11 is 6.02. The standard InChI is InChI=1S/C13H20ClNO/c1-10(2)15(3)9-8-13(16)11-6-4-5-7-12(11)14/h4-7,10,13,16H,8-9H2,1-3H3. The largest absolute Gasteiger partial charge is 0.388 e. The van der Waals surface area contributed by atoms with Crippen LogP contribution in [-0.2, 0) is 0 Å². The van der Waals surface area contributed by atoms with E-state index in [1.54, 1.807) is 0 Å². The zero-order valence-electron chi connectivity index (χ0n) is 10.2. The Balaban J connectivity index is 2.53. The number of rotatable bonds is 5. The van der Waals surface area contributed by atoms with E-state index in [1.807, 2.05) is 24.3 Å². The Morgan fingerprint density at radius 3 is 2.50 bits per heavy atom. The first-order valence-corrected chi connectivity index (χ1v) is 6.03. The van der Waals surface area contributed by atoms with Crippen molar-refractivity contribution in [1.82, 2.24) is 4.90 Å². The van der Waals surface area contributed by atoms with Gasteiger partial charge in [0.25, 0.3) is 0 Å².